The van der Waals surface area contributed by atoms with Gasteiger partial charge in [-0.1, -0.05) is 12.1 Å². The summed E-state index contributed by atoms with van der Waals surface area (Å²) in [6, 6.07) is 7.86. The number of nitrogens with one attached hydrogen (secondary N) is 1. The molecule has 3 rings (SSSR count). The minimum atomic E-state index is -0.404. The number of hydrogen-bond donors (Lipinski definition) is 1. The van der Waals surface area contributed by atoms with Crippen molar-refractivity contribution in [3.63, 3.8) is 0 Å². The predicted molar refractivity (Wildman–Crippen MR) is 74.0 cm³/mol. The number of para-hydroxylation sites is 1. The third-order valence-corrected chi connectivity index (χ3v) is 3.73. The fourth-order valence-electron chi connectivity index (χ4n) is 1.79. The molecule has 4 nitrogen and oxygen atoms in total. The molecule has 0 aliphatic carbocycles. The molecule has 19 heavy (non-hydrogen) atoms. The van der Waals surface area contributed by atoms with Gasteiger partial charge in [-0.25, -0.2) is 19.3 Å². The summed E-state index contributed by atoms with van der Waals surface area (Å²) in [6.45, 7) is 0. The quantitative estimate of drug-likeness (QED) is 0.798. The fourth-order valence-corrected chi connectivity index (χ4v) is 2.76. The molecule has 0 atom stereocenters. The first-order valence-corrected chi connectivity index (χ1v) is 6.61. The van der Waals surface area contributed by atoms with Gasteiger partial charge in [-0.2, -0.15) is 0 Å². The zero-order chi connectivity index (χ0) is 13.2. The van der Waals surface area contributed by atoms with E-state index < -0.39 is 5.82 Å². The van der Waals surface area contributed by atoms with Crippen molar-refractivity contribution < 1.29 is 4.39 Å². The molecule has 1 aromatic carbocycles. The van der Waals surface area contributed by atoms with Gasteiger partial charge in [-0.15, -0.1) is 11.3 Å². The second-order valence-corrected chi connectivity index (χ2v) is 5.11. The first-order valence-electron chi connectivity index (χ1n) is 5.80. The standard InChI is InChI=1S/C13H11FN4S/c1-15-13-16-7-8(14)10(18-13)6-12-17-9-4-2-3-5-11(9)19-12/h2-5,7H,6H2,1H3,(H,15,16,18). The first-order chi connectivity index (χ1) is 9.26. The first kappa shape index (κ1) is 12.0. The van der Waals surface area contributed by atoms with Gasteiger partial charge in [0.1, 0.15) is 0 Å². The average molecular weight is 274 g/mol. The van der Waals surface area contributed by atoms with Gasteiger partial charge < -0.3 is 5.32 Å². The van der Waals surface area contributed by atoms with Gasteiger partial charge in [0.15, 0.2) is 5.82 Å². The number of fused-ring (bicyclic) bond motifs is 1. The Morgan fingerprint density at radius 3 is 2.89 bits per heavy atom. The molecule has 0 saturated carbocycles. The highest BCUT2D eigenvalue weighted by molar-refractivity contribution is 7.18. The summed E-state index contributed by atoms with van der Waals surface area (Å²) in [5, 5.41) is 3.65. The zero-order valence-corrected chi connectivity index (χ0v) is 11.0. The molecule has 0 bridgehead atoms. The molecule has 3 aromatic rings. The van der Waals surface area contributed by atoms with Gasteiger partial charge in [-0.3, -0.25) is 0 Å². The highest BCUT2D eigenvalue weighted by Gasteiger charge is 2.10. The van der Waals surface area contributed by atoms with Crippen LogP contribution in [-0.2, 0) is 6.42 Å². The van der Waals surface area contributed by atoms with Crippen molar-refractivity contribution in [2.75, 3.05) is 12.4 Å². The average Bonchev–Trinajstić information content (AvgIpc) is 2.83. The molecule has 0 fully saturated rings. The molecule has 2 aromatic heterocycles. The molecular formula is C13H11FN4S. The lowest BCUT2D eigenvalue weighted by Crippen LogP contribution is -2.03. The van der Waals surface area contributed by atoms with Gasteiger partial charge in [0.05, 0.1) is 27.1 Å². The normalized spacial score (nSPS) is 10.8. The van der Waals surface area contributed by atoms with Crippen LogP contribution in [0.15, 0.2) is 30.5 Å². The van der Waals surface area contributed by atoms with Gasteiger partial charge in [0.25, 0.3) is 0 Å². The largest absolute Gasteiger partial charge is 0.357 e. The number of nitrogens with zero attached hydrogens (tertiary/aromatic N) is 3. The smallest absolute Gasteiger partial charge is 0.222 e. The molecule has 96 valence electrons. The number of benzene rings is 1. The molecule has 2 heterocycles. The molecule has 0 aliphatic rings. The van der Waals surface area contributed by atoms with Crippen LogP contribution < -0.4 is 5.32 Å². The number of rotatable bonds is 3. The molecule has 0 spiro atoms. The van der Waals surface area contributed by atoms with Crippen LogP contribution in [0.2, 0.25) is 0 Å². The van der Waals surface area contributed by atoms with Crippen molar-refractivity contribution in [1.29, 1.82) is 0 Å². The highest BCUT2D eigenvalue weighted by Crippen LogP contribution is 2.23. The van der Waals surface area contributed by atoms with Crippen molar-refractivity contribution in [2.24, 2.45) is 0 Å². The molecule has 6 heteroatoms. The molecule has 0 amide bonds. The van der Waals surface area contributed by atoms with E-state index in [0.29, 0.717) is 18.1 Å². The molecule has 0 saturated heterocycles. The summed E-state index contributed by atoms with van der Waals surface area (Å²) in [7, 11) is 1.70. The summed E-state index contributed by atoms with van der Waals surface area (Å²) in [6.07, 6.45) is 1.56. The van der Waals surface area contributed by atoms with Crippen molar-refractivity contribution >= 4 is 27.5 Å². The number of anilines is 1. The summed E-state index contributed by atoms with van der Waals surface area (Å²) >= 11 is 1.56. The third-order valence-electron chi connectivity index (χ3n) is 2.70. The SMILES string of the molecule is CNc1ncc(F)c(Cc2nc3ccccc3s2)n1. The van der Waals surface area contributed by atoms with Crippen LogP contribution in [0.25, 0.3) is 10.2 Å². The third kappa shape index (κ3) is 2.39. The lowest BCUT2D eigenvalue weighted by atomic mass is 10.3. The highest BCUT2D eigenvalue weighted by atomic mass is 32.1. The molecule has 1 N–H and O–H groups in total. The maximum absolute atomic E-state index is 13.7. The van der Waals surface area contributed by atoms with Gasteiger partial charge in [-0.05, 0) is 12.1 Å². The number of thiazole rings is 1. The Morgan fingerprint density at radius 2 is 2.11 bits per heavy atom. The van der Waals surface area contributed by atoms with Crippen molar-refractivity contribution in [3.05, 3.63) is 47.0 Å². The molecule has 0 unspecified atom stereocenters. The van der Waals surface area contributed by atoms with E-state index >= 15 is 0 Å². The second kappa shape index (κ2) is 4.89. The van der Waals surface area contributed by atoms with Crippen molar-refractivity contribution in [1.82, 2.24) is 15.0 Å². The van der Waals surface area contributed by atoms with Crippen LogP contribution in [-0.4, -0.2) is 22.0 Å². The van der Waals surface area contributed by atoms with E-state index in [-0.39, 0.29) is 0 Å². The Hall–Kier alpha value is -2.08. The number of aromatic nitrogens is 3. The Labute approximate surface area is 113 Å². The van der Waals surface area contributed by atoms with Gasteiger partial charge in [0, 0.05) is 13.5 Å². The number of halogens is 1. The lowest BCUT2D eigenvalue weighted by molar-refractivity contribution is 0.596. The number of hydrogen-bond acceptors (Lipinski definition) is 5. The fraction of sp³-hybridized carbons (Fsp3) is 0.154. The molecule has 0 aliphatic heterocycles. The Kier molecular flexibility index (Phi) is 3.08. The van der Waals surface area contributed by atoms with E-state index in [1.807, 2.05) is 24.3 Å². The van der Waals surface area contributed by atoms with Crippen LogP contribution in [0.4, 0.5) is 10.3 Å². The van der Waals surface area contributed by atoms with Crippen LogP contribution in [0.5, 0.6) is 0 Å². The maximum atomic E-state index is 13.7. The van der Waals surface area contributed by atoms with E-state index in [9.17, 15) is 4.39 Å². The van der Waals surface area contributed by atoms with Crippen molar-refractivity contribution in [3.8, 4) is 0 Å². The summed E-state index contributed by atoms with van der Waals surface area (Å²) < 4.78 is 14.8. The van der Waals surface area contributed by atoms with Crippen LogP contribution in [0.3, 0.4) is 0 Å². The van der Waals surface area contributed by atoms with Crippen molar-refractivity contribution in [2.45, 2.75) is 6.42 Å². The monoisotopic (exact) mass is 274 g/mol. The summed E-state index contributed by atoms with van der Waals surface area (Å²) in [5.74, 6) is 0.00997. The van der Waals surface area contributed by atoms with E-state index in [1.165, 1.54) is 6.20 Å². The lowest BCUT2D eigenvalue weighted by Gasteiger charge is -2.02. The second-order valence-electron chi connectivity index (χ2n) is 3.99. The minimum absolute atomic E-state index is 0.360. The van der Waals surface area contributed by atoms with Gasteiger partial charge >= 0.3 is 0 Å². The van der Waals surface area contributed by atoms with E-state index in [2.05, 4.69) is 20.3 Å². The van der Waals surface area contributed by atoms with E-state index in [0.717, 1.165) is 15.2 Å². The Morgan fingerprint density at radius 1 is 1.26 bits per heavy atom. The Bertz CT molecular complexity index is 692. The zero-order valence-electron chi connectivity index (χ0n) is 10.2. The van der Waals surface area contributed by atoms with E-state index in [4.69, 9.17) is 0 Å². The molecule has 0 radical (unpaired) electrons. The van der Waals surface area contributed by atoms with E-state index in [1.54, 1.807) is 18.4 Å². The van der Waals surface area contributed by atoms with Crippen LogP contribution in [0, 0.1) is 5.82 Å². The Balaban J connectivity index is 1.96. The van der Waals surface area contributed by atoms with Gasteiger partial charge in [0.2, 0.25) is 5.95 Å². The summed E-state index contributed by atoms with van der Waals surface area (Å²) in [4.78, 5) is 12.4. The predicted octanol–water partition coefficient (Wildman–Crippen LogP) is 2.86. The summed E-state index contributed by atoms with van der Waals surface area (Å²) in [5.41, 5.74) is 1.30. The van der Waals surface area contributed by atoms with Crippen LogP contribution >= 0.6 is 11.3 Å². The topological polar surface area (TPSA) is 50.7 Å². The minimum Gasteiger partial charge on any atom is -0.357 e. The molecular weight excluding hydrogens is 263 g/mol. The maximum Gasteiger partial charge on any atom is 0.222 e. The van der Waals surface area contributed by atoms with Crippen LogP contribution in [0.1, 0.15) is 10.7 Å².